The standard InChI is InChI=1S/C20H30N2O3SSi.C14H16N2O3S.C4H8O.ClH/c1-15(2)16-8-11-18(12-9-16)26(23,24)22-19-13-10-17(14-21-19)25-27(6,7)20(3,4)5;1-10(2)11-3-6-13(7-4-11)20(18,19)16-14-8-5-12(17)9-15-14;1-2-4-5-3-1;/h8-15H,1-7H3,(H,21,22);3-10,17H,1-2H3,(H,15,16);1-4H2;1H. The molecule has 0 amide bonds. The van der Waals surface area contributed by atoms with Crippen molar-refractivity contribution >= 4 is 52.4 Å². The van der Waals surface area contributed by atoms with Crippen molar-refractivity contribution in [1.82, 2.24) is 9.97 Å². The number of nitrogens with one attached hydrogen (secondary N) is 2. The van der Waals surface area contributed by atoms with E-state index in [9.17, 15) is 16.8 Å². The zero-order valence-corrected chi connectivity index (χ0v) is 35.5. The summed E-state index contributed by atoms with van der Waals surface area (Å²) in [5, 5.41) is 9.19. The molecule has 292 valence electrons. The van der Waals surface area contributed by atoms with Crippen LogP contribution >= 0.6 is 12.4 Å². The van der Waals surface area contributed by atoms with Crippen molar-refractivity contribution in [3.05, 3.63) is 96.3 Å². The average Bonchev–Trinajstić information content (AvgIpc) is 3.67. The summed E-state index contributed by atoms with van der Waals surface area (Å²) in [5.41, 5.74) is 2.17. The number of benzene rings is 2. The number of halogens is 1. The fourth-order valence-corrected chi connectivity index (χ4v) is 7.40. The number of sulfonamides is 2. The highest BCUT2D eigenvalue weighted by Crippen LogP contribution is 2.37. The number of anilines is 2. The second kappa shape index (κ2) is 19.6. The maximum Gasteiger partial charge on any atom is 0.263 e. The van der Waals surface area contributed by atoms with Gasteiger partial charge in [0.2, 0.25) is 0 Å². The van der Waals surface area contributed by atoms with Gasteiger partial charge in [-0.15, -0.1) is 12.4 Å². The number of ether oxygens (including phenoxy) is 1. The second-order valence-electron chi connectivity index (χ2n) is 14.6. The molecule has 0 unspecified atom stereocenters. The van der Waals surface area contributed by atoms with Crippen molar-refractivity contribution in [2.75, 3.05) is 22.7 Å². The molecule has 0 saturated carbocycles. The number of nitrogens with zero attached hydrogens (tertiary/aromatic N) is 2. The minimum Gasteiger partial charge on any atom is -0.542 e. The minimum absolute atomic E-state index is 0. The van der Waals surface area contributed by atoms with Crippen molar-refractivity contribution in [2.45, 2.75) is 101 Å². The first kappa shape index (κ1) is 45.5. The van der Waals surface area contributed by atoms with Crippen LogP contribution in [0.5, 0.6) is 11.5 Å². The molecule has 2 aromatic carbocycles. The number of hydrogen-bond acceptors (Lipinski definition) is 9. The Balaban J connectivity index is 0.000000327. The Kier molecular flexibility index (Phi) is 16.8. The van der Waals surface area contributed by atoms with Gasteiger partial charge in [0.25, 0.3) is 28.4 Å². The quantitative estimate of drug-likeness (QED) is 0.133. The molecule has 0 bridgehead atoms. The van der Waals surface area contributed by atoms with E-state index in [0.717, 1.165) is 24.3 Å². The Morgan fingerprint density at radius 2 is 1.11 bits per heavy atom. The topological polar surface area (TPSA) is 157 Å². The van der Waals surface area contributed by atoms with Crippen molar-refractivity contribution in [1.29, 1.82) is 0 Å². The lowest BCUT2D eigenvalue weighted by Gasteiger charge is -2.36. The van der Waals surface area contributed by atoms with E-state index in [1.807, 2.05) is 26.0 Å². The van der Waals surface area contributed by atoms with E-state index in [2.05, 4.69) is 67.1 Å². The summed E-state index contributed by atoms with van der Waals surface area (Å²) in [6.07, 6.45) is 5.31. The van der Waals surface area contributed by atoms with E-state index < -0.39 is 28.4 Å². The van der Waals surface area contributed by atoms with Gasteiger partial charge in [0, 0.05) is 13.2 Å². The molecule has 53 heavy (non-hydrogen) atoms. The van der Waals surface area contributed by atoms with Crippen LogP contribution in [0.2, 0.25) is 18.1 Å². The molecule has 1 aliphatic heterocycles. The zero-order valence-electron chi connectivity index (χ0n) is 32.1. The van der Waals surface area contributed by atoms with Gasteiger partial charge in [-0.3, -0.25) is 9.44 Å². The van der Waals surface area contributed by atoms with Crippen LogP contribution in [-0.2, 0) is 24.8 Å². The molecule has 4 aromatic rings. The fraction of sp³-hybridized carbons (Fsp3) is 0.421. The number of hydrogen-bond donors (Lipinski definition) is 3. The van der Waals surface area contributed by atoms with Crippen LogP contribution in [0.1, 0.15) is 84.3 Å². The summed E-state index contributed by atoms with van der Waals surface area (Å²) in [7, 11) is -9.29. The zero-order chi connectivity index (χ0) is 38.7. The molecule has 3 heterocycles. The van der Waals surface area contributed by atoms with Gasteiger partial charge in [-0.2, -0.15) is 0 Å². The van der Waals surface area contributed by atoms with Crippen LogP contribution in [0.4, 0.5) is 11.6 Å². The van der Waals surface area contributed by atoms with Gasteiger partial charge in [-0.05, 0) is 102 Å². The smallest absolute Gasteiger partial charge is 0.263 e. The Labute approximate surface area is 323 Å². The summed E-state index contributed by atoms with van der Waals surface area (Å²) in [6.45, 7) is 21.0. The van der Waals surface area contributed by atoms with E-state index in [1.54, 1.807) is 54.7 Å². The summed E-state index contributed by atoms with van der Waals surface area (Å²) in [5.74, 6) is 1.77. The van der Waals surface area contributed by atoms with Crippen LogP contribution in [0.25, 0.3) is 0 Å². The Morgan fingerprint density at radius 1 is 0.698 bits per heavy atom. The highest BCUT2D eigenvalue weighted by atomic mass is 35.5. The van der Waals surface area contributed by atoms with E-state index in [4.69, 9.17) is 14.3 Å². The summed E-state index contributed by atoms with van der Waals surface area (Å²) < 4.78 is 65.4. The SMILES string of the molecule is C1CCOC1.CC(C)c1ccc(S(=O)(=O)Nc2ccc(O)cn2)cc1.CC(C)c1ccc(S(=O)(=O)Nc2ccc(O[Si](C)(C)C(C)(C)C)cn2)cc1.Cl. The third-order valence-corrected chi connectivity index (χ3v) is 15.8. The van der Waals surface area contributed by atoms with Crippen molar-refractivity contribution in [2.24, 2.45) is 0 Å². The number of aromatic hydroxyl groups is 1. The molecule has 0 spiro atoms. The molecule has 5 rings (SSSR count). The van der Waals surface area contributed by atoms with Gasteiger partial charge in [0.15, 0.2) is 0 Å². The molecule has 0 aliphatic carbocycles. The van der Waals surface area contributed by atoms with E-state index >= 15 is 0 Å². The van der Waals surface area contributed by atoms with Crippen molar-refractivity contribution in [3.8, 4) is 11.5 Å². The Morgan fingerprint density at radius 3 is 1.42 bits per heavy atom. The molecule has 2 aromatic heterocycles. The third-order valence-electron chi connectivity index (χ3n) is 8.68. The van der Waals surface area contributed by atoms with Crippen LogP contribution in [0.3, 0.4) is 0 Å². The van der Waals surface area contributed by atoms with Gasteiger partial charge in [-0.1, -0.05) is 72.7 Å². The summed E-state index contributed by atoms with van der Waals surface area (Å²) in [6, 6.07) is 19.8. The minimum atomic E-state index is -3.67. The van der Waals surface area contributed by atoms with E-state index in [0.29, 0.717) is 17.6 Å². The first-order valence-corrected chi connectivity index (χ1v) is 23.2. The second-order valence-corrected chi connectivity index (χ2v) is 22.7. The average molecular weight is 808 g/mol. The fourth-order valence-electron chi connectivity index (χ4n) is 4.36. The lowest BCUT2D eigenvalue weighted by Crippen LogP contribution is -2.43. The van der Waals surface area contributed by atoms with Crippen LogP contribution in [-0.4, -0.2) is 53.4 Å². The van der Waals surface area contributed by atoms with Crippen molar-refractivity contribution in [3.63, 3.8) is 0 Å². The molecule has 1 saturated heterocycles. The van der Waals surface area contributed by atoms with Gasteiger partial charge in [-0.25, -0.2) is 26.8 Å². The van der Waals surface area contributed by atoms with Gasteiger partial charge >= 0.3 is 0 Å². The molecule has 1 aliphatic rings. The predicted octanol–water partition coefficient (Wildman–Crippen LogP) is 9.32. The van der Waals surface area contributed by atoms with Crippen LogP contribution in [0.15, 0.2) is 95.0 Å². The van der Waals surface area contributed by atoms with Gasteiger partial charge < -0.3 is 14.3 Å². The lowest BCUT2D eigenvalue weighted by atomic mass is 10.0. The van der Waals surface area contributed by atoms with Crippen LogP contribution < -0.4 is 13.9 Å². The van der Waals surface area contributed by atoms with E-state index in [1.165, 1.54) is 31.2 Å². The maximum atomic E-state index is 12.6. The lowest BCUT2D eigenvalue weighted by molar-refractivity contribution is 0.198. The Bertz CT molecular complexity index is 1910. The molecule has 15 heteroatoms. The predicted molar refractivity (Wildman–Crippen MR) is 218 cm³/mol. The highest BCUT2D eigenvalue weighted by molar-refractivity contribution is 7.93. The monoisotopic (exact) mass is 806 g/mol. The van der Waals surface area contributed by atoms with Crippen molar-refractivity contribution < 1.29 is 31.1 Å². The first-order valence-electron chi connectivity index (χ1n) is 17.3. The molecular formula is C38H55ClN4O7S2Si. The van der Waals surface area contributed by atoms with Crippen LogP contribution in [0, 0.1) is 0 Å². The molecule has 0 radical (unpaired) electrons. The molecule has 11 nitrogen and oxygen atoms in total. The van der Waals surface area contributed by atoms with Gasteiger partial charge in [0.1, 0.15) is 23.1 Å². The normalized spacial score (nSPS) is 13.2. The summed E-state index contributed by atoms with van der Waals surface area (Å²) >= 11 is 0. The third kappa shape index (κ3) is 14.2. The first-order chi connectivity index (χ1) is 24.2. The highest BCUT2D eigenvalue weighted by Gasteiger charge is 2.39. The molecule has 1 fully saturated rings. The Hall–Kier alpha value is -3.69. The molecule has 0 atom stereocenters. The molecular weight excluding hydrogens is 752 g/mol. The number of aromatic nitrogens is 2. The summed E-state index contributed by atoms with van der Waals surface area (Å²) in [4.78, 5) is 8.40. The number of pyridine rings is 2. The maximum absolute atomic E-state index is 12.6. The van der Waals surface area contributed by atoms with Gasteiger partial charge in [0.05, 0.1) is 22.2 Å². The molecule has 3 N–H and O–H groups in total. The number of rotatable bonds is 10. The largest absolute Gasteiger partial charge is 0.542 e. The van der Waals surface area contributed by atoms with E-state index in [-0.39, 0.29) is 44.6 Å².